The van der Waals surface area contributed by atoms with Crippen LogP contribution in [0.25, 0.3) is 6.08 Å². The fourth-order valence-corrected chi connectivity index (χ4v) is 8.13. The molecule has 5 aliphatic rings. The first-order valence-electron chi connectivity index (χ1n) is 12.9. The maximum atomic E-state index is 13.5. The van der Waals surface area contributed by atoms with Crippen LogP contribution in [0.5, 0.6) is 11.5 Å². The van der Waals surface area contributed by atoms with E-state index in [1.807, 2.05) is 48.5 Å². The highest BCUT2D eigenvalue weighted by molar-refractivity contribution is 8.26. The van der Waals surface area contributed by atoms with Crippen LogP contribution < -0.4 is 14.9 Å². The van der Waals surface area contributed by atoms with Crippen molar-refractivity contribution in [2.75, 3.05) is 7.11 Å². The van der Waals surface area contributed by atoms with E-state index in [0.29, 0.717) is 45.1 Å². The molecule has 8 heteroatoms. The molecule has 1 N–H and O–H groups in total. The predicted molar refractivity (Wildman–Crippen MR) is 148 cm³/mol. The van der Waals surface area contributed by atoms with E-state index < -0.39 is 0 Å². The van der Waals surface area contributed by atoms with Gasteiger partial charge in [0, 0.05) is 0 Å². The topological polar surface area (TPSA) is 67.9 Å². The van der Waals surface area contributed by atoms with Gasteiger partial charge in [-0.3, -0.25) is 15.0 Å². The van der Waals surface area contributed by atoms with Crippen molar-refractivity contribution in [2.45, 2.75) is 45.1 Å². The van der Waals surface area contributed by atoms with Gasteiger partial charge < -0.3 is 9.47 Å². The second-order valence-corrected chi connectivity index (χ2v) is 12.5. The van der Waals surface area contributed by atoms with Gasteiger partial charge in [0.2, 0.25) is 5.91 Å². The third-order valence-electron chi connectivity index (χ3n) is 8.25. The maximum absolute atomic E-state index is 13.5. The van der Waals surface area contributed by atoms with E-state index in [9.17, 15) is 9.59 Å². The molecule has 6 nitrogen and oxygen atoms in total. The number of hydrogen-bond acceptors (Lipinski definition) is 6. The van der Waals surface area contributed by atoms with Crippen LogP contribution in [0.1, 0.15) is 49.7 Å². The Kier molecular flexibility index (Phi) is 6.49. The van der Waals surface area contributed by atoms with Crippen molar-refractivity contribution < 1.29 is 19.1 Å². The van der Waals surface area contributed by atoms with Crippen LogP contribution in [0.15, 0.2) is 53.4 Å². The Morgan fingerprint density at radius 1 is 1.08 bits per heavy atom. The molecule has 2 aromatic rings. The summed E-state index contributed by atoms with van der Waals surface area (Å²) in [5, 5.41) is 1.27. The summed E-state index contributed by atoms with van der Waals surface area (Å²) in [5.74, 6) is 2.82. The Morgan fingerprint density at radius 3 is 2.41 bits per heavy atom. The number of amides is 2. The number of hydrazine groups is 1. The first-order valence-corrected chi connectivity index (χ1v) is 14.1. The maximum Gasteiger partial charge on any atom is 0.285 e. The van der Waals surface area contributed by atoms with Gasteiger partial charge in [0.1, 0.15) is 6.61 Å². The number of carbonyl (C=O) groups excluding carboxylic acids is 2. The van der Waals surface area contributed by atoms with Gasteiger partial charge in [-0.1, -0.05) is 48.2 Å². The van der Waals surface area contributed by atoms with Gasteiger partial charge in [0.15, 0.2) is 15.8 Å². The van der Waals surface area contributed by atoms with Crippen molar-refractivity contribution in [3.05, 3.63) is 64.6 Å². The fourth-order valence-electron chi connectivity index (χ4n) is 6.95. The van der Waals surface area contributed by atoms with Crippen molar-refractivity contribution in [3.8, 4) is 11.5 Å². The van der Waals surface area contributed by atoms with E-state index in [-0.39, 0.29) is 17.2 Å². The minimum Gasteiger partial charge on any atom is -0.493 e. The molecule has 0 spiro atoms. The van der Waals surface area contributed by atoms with Gasteiger partial charge in [-0.25, -0.2) is 0 Å². The Balaban J connectivity index is 1.14. The van der Waals surface area contributed by atoms with Crippen molar-refractivity contribution in [3.63, 3.8) is 0 Å². The summed E-state index contributed by atoms with van der Waals surface area (Å²) in [4.78, 5) is 27.2. The lowest BCUT2D eigenvalue weighted by Crippen LogP contribution is -2.57. The standard InChI is InChI=1S/C29H30N2O4S2/c1-34-24-12-19(7-8-23(24)35-17-18-5-3-2-4-6-18)13-25-26(32)31(28(36)37-25)30-27(33)29-14-20-9-21(15-29)11-22(10-20)16-29/h2-8,12-13,20-22H,9-11,14-17H2,1H3,(H,30,33)/b25-13+. The predicted octanol–water partition coefficient (Wildman–Crippen LogP) is 5.72. The largest absolute Gasteiger partial charge is 0.493 e. The average Bonchev–Trinajstić information content (AvgIpc) is 3.14. The van der Waals surface area contributed by atoms with Crippen LogP contribution in [0.4, 0.5) is 0 Å². The van der Waals surface area contributed by atoms with E-state index in [1.165, 1.54) is 36.0 Å². The Bertz CT molecular complexity index is 1240. The molecule has 0 aromatic heterocycles. The summed E-state index contributed by atoms with van der Waals surface area (Å²) < 4.78 is 11.8. The van der Waals surface area contributed by atoms with Crippen LogP contribution >= 0.6 is 24.0 Å². The van der Waals surface area contributed by atoms with Gasteiger partial charge in [0.05, 0.1) is 17.4 Å². The van der Waals surface area contributed by atoms with E-state index in [0.717, 1.165) is 30.4 Å². The van der Waals surface area contributed by atoms with E-state index in [1.54, 1.807) is 13.2 Å². The monoisotopic (exact) mass is 534 g/mol. The molecule has 5 fully saturated rings. The van der Waals surface area contributed by atoms with Gasteiger partial charge in [-0.15, -0.1) is 0 Å². The molecule has 0 unspecified atom stereocenters. The van der Waals surface area contributed by atoms with Gasteiger partial charge in [0.25, 0.3) is 5.91 Å². The number of nitrogens with zero attached hydrogens (tertiary/aromatic N) is 1. The molecule has 4 aliphatic carbocycles. The summed E-state index contributed by atoms with van der Waals surface area (Å²) in [6.07, 6.45) is 8.37. The molecule has 4 bridgehead atoms. The highest BCUT2D eigenvalue weighted by Gasteiger charge is 2.55. The smallest absolute Gasteiger partial charge is 0.285 e. The summed E-state index contributed by atoms with van der Waals surface area (Å²) in [5.41, 5.74) is 4.42. The lowest BCUT2D eigenvalue weighted by atomic mass is 9.49. The highest BCUT2D eigenvalue weighted by atomic mass is 32.2. The number of thioether (sulfide) groups is 1. The number of rotatable bonds is 7. The number of benzene rings is 2. The summed E-state index contributed by atoms with van der Waals surface area (Å²) in [6, 6.07) is 15.5. The lowest BCUT2D eigenvalue weighted by Gasteiger charge is -2.55. The molecule has 0 radical (unpaired) electrons. The second kappa shape index (κ2) is 9.80. The van der Waals surface area contributed by atoms with Crippen molar-refractivity contribution in [2.24, 2.45) is 23.2 Å². The summed E-state index contributed by atoms with van der Waals surface area (Å²) >= 11 is 6.69. The number of hydrogen-bond donors (Lipinski definition) is 1. The molecular weight excluding hydrogens is 504 g/mol. The van der Waals surface area contributed by atoms with Crippen LogP contribution in [0, 0.1) is 23.2 Å². The zero-order valence-electron chi connectivity index (χ0n) is 20.8. The summed E-state index contributed by atoms with van der Waals surface area (Å²) in [7, 11) is 1.59. The number of ether oxygens (including phenoxy) is 2. The molecular formula is C29H30N2O4S2. The molecule has 2 amide bonds. The molecule has 2 aromatic carbocycles. The molecule has 4 saturated carbocycles. The van der Waals surface area contributed by atoms with Crippen molar-refractivity contribution in [1.82, 2.24) is 10.4 Å². The Hall–Kier alpha value is -2.84. The Labute approximate surface area is 226 Å². The van der Waals surface area contributed by atoms with E-state index in [2.05, 4.69) is 5.43 Å². The molecule has 1 saturated heterocycles. The number of thiocarbonyl (C=S) groups is 1. The zero-order valence-corrected chi connectivity index (χ0v) is 22.4. The number of methoxy groups -OCH3 is 1. The minimum atomic E-state index is -0.343. The van der Waals surface area contributed by atoms with Gasteiger partial charge >= 0.3 is 0 Å². The van der Waals surface area contributed by atoms with Crippen LogP contribution in [-0.4, -0.2) is 28.3 Å². The first kappa shape index (κ1) is 24.5. The normalized spacial score (nSPS) is 29.2. The SMILES string of the molecule is COc1cc(/C=C2/SC(=S)N(NC(=O)C34CC5CC(CC(C5)C3)C4)C2=O)ccc1OCc1ccccc1. The zero-order chi connectivity index (χ0) is 25.6. The molecule has 7 rings (SSSR count). The highest BCUT2D eigenvalue weighted by Crippen LogP contribution is 2.60. The molecule has 37 heavy (non-hydrogen) atoms. The van der Waals surface area contributed by atoms with Gasteiger partial charge in [-0.05, 0) is 97.8 Å². The minimum absolute atomic E-state index is 0.0364. The Morgan fingerprint density at radius 2 is 1.76 bits per heavy atom. The van der Waals surface area contributed by atoms with Crippen LogP contribution in [0.3, 0.4) is 0 Å². The quantitative estimate of drug-likeness (QED) is 0.362. The van der Waals surface area contributed by atoms with E-state index in [4.69, 9.17) is 21.7 Å². The number of nitrogens with one attached hydrogen (secondary N) is 1. The number of carbonyl (C=O) groups is 2. The fraction of sp³-hybridized carbons (Fsp3) is 0.414. The molecule has 1 aliphatic heterocycles. The molecule has 1 heterocycles. The molecule has 192 valence electrons. The lowest BCUT2D eigenvalue weighted by molar-refractivity contribution is -0.152. The average molecular weight is 535 g/mol. The summed E-state index contributed by atoms with van der Waals surface area (Å²) in [6.45, 7) is 0.429. The second-order valence-electron chi connectivity index (χ2n) is 10.8. The van der Waals surface area contributed by atoms with Crippen LogP contribution in [0.2, 0.25) is 0 Å². The van der Waals surface area contributed by atoms with Crippen molar-refractivity contribution >= 4 is 46.2 Å². The van der Waals surface area contributed by atoms with E-state index >= 15 is 0 Å². The molecule has 0 atom stereocenters. The third-order valence-corrected chi connectivity index (χ3v) is 9.55. The first-order chi connectivity index (χ1) is 17.9. The van der Waals surface area contributed by atoms with Crippen molar-refractivity contribution in [1.29, 1.82) is 0 Å². The van der Waals surface area contributed by atoms with Gasteiger partial charge in [-0.2, -0.15) is 5.01 Å². The van der Waals surface area contributed by atoms with Crippen LogP contribution in [-0.2, 0) is 16.2 Å². The third kappa shape index (κ3) is 4.77.